The maximum Gasteiger partial charge on any atom is 0.335 e. The fourth-order valence-electron chi connectivity index (χ4n) is 1.94. The number of aromatic carboxylic acids is 1. The number of carbonyl (C=O) groups is 2. The van der Waals surface area contributed by atoms with Crippen LogP contribution in [0.25, 0.3) is 11.1 Å². The maximum atomic E-state index is 11.8. The quantitative estimate of drug-likeness (QED) is 0.945. The van der Waals surface area contributed by atoms with Gasteiger partial charge in [-0.25, -0.2) is 4.79 Å². The molecule has 0 heterocycles. The first kappa shape index (κ1) is 15.1. The van der Waals surface area contributed by atoms with Crippen molar-refractivity contribution >= 4 is 23.5 Å². The van der Waals surface area contributed by atoms with Gasteiger partial charge in [0.1, 0.15) is 0 Å². The molecule has 0 bridgehead atoms. The first-order valence-corrected chi connectivity index (χ1v) is 6.62. The molecule has 21 heavy (non-hydrogen) atoms. The average molecular weight is 304 g/mol. The molecule has 0 saturated carbocycles. The number of rotatable bonds is 3. The van der Waals surface area contributed by atoms with Gasteiger partial charge in [-0.2, -0.15) is 0 Å². The molecule has 0 saturated heterocycles. The van der Waals surface area contributed by atoms with Crippen LogP contribution in [-0.4, -0.2) is 36.0 Å². The summed E-state index contributed by atoms with van der Waals surface area (Å²) in [5.74, 6) is -1.11. The lowest BCUT2D eigenvalue weighted by molar-refractivity contribution is 0.0696. The zero-order chi connectivity index (χ0) is 15.6. The largest absolute Gasteiger partial charge is 0.478 e. The highest BCUT2D eigenvalue weighted by atomic mass is 35.5. The molecule has 5 heteroatoms. The van der Waals surface area contributed by atoms with Crippen molar-refractivity contribution in [2.75, 3.05) is 14.1 Å². The van der Waals surface area contributed by atoms with Crippen LogP contribution in [-0.2, 0) is 0 Å². The van der Waals surface area contributed by atoms with Gasteiger partial charge in [0, 0.05) is 24.7 Å². The second-order valence-corrected chi connectivity index (χ2v) is 5.25. The molecule has 1 amide bonds. The molecule has 1 N–H and O–H groups in total. The van der Waals surface area contributed by atoms with Crippen LogP contribution in [0.5, 0.6) is 0 Å². The van der Waals surface area contributed by atoms with Gasteiger partial charge in [0.25, 0.3) is 5.91 Å². The van der Waals surface area contributed by atoms with Crippen LogP contribution < -0.4 is 0 Å². The monoisotopic (exact) mass is 303 g/mol. The first-order chi connectivity index (χ1) is 9.88. The Morgan fingerprint density at radius 2 is 1.57 bits per heavy atom. The highest BCUT2D eigenvalue weighted by Gasteiger charge is 2.10. The van der Waals surface area contributed by atoms with Crippen LogP contribution in [0.2, 0.25) is 5.02 Å². The minimum atomic E-state index is -1.03. The van der Waals surface area contributed by atoms with Gasteiger partial charge in [-0.15, -0.1) is 0 Å². The molecule has 0 aliphatic rings. The second kappa shape index (κ2) is 5.97. The zero-order valence-corrected chi connectivity index (χ0v) is 12.4. The molecule has 0 aliphatic carbocycles. The van der Waals surface area contributed by atoms with Crippen LogP contribution in [0.15, 0.2) is 42.5 Å². The molecule has 4 nitrogen and oxygen atoms in total. The Kier molecular flexibility index (Phi) is 4.29. The lowest BCUT2D eigenvalue weighted by atomic mass is 10.0. The molecule has 2 aromatic rings. The highest BCUT2D eigenvalue weighted by Crippen LogP contribution is 2.25. The Balaban J connectivity index is 2.39. The summed E-state index contributed by atoms with van der Waals surface area (Å²) in [7, 11) is 3.37. The van der Waals surface area contributed by atoms with Gasteiger partial charge in [0.05, 0.1) is 5.56 Å². The van der Waals surface area contributed by atoms with E-state index >= 15 is 0 Å². The number of hydrogen-bond donors (Lipinski definition) is 1. The number of hydrogen-bond acceptors (Lipinski definition) is 2. The summed E-state index contributed by atoms with van der Waals surface area (Å²) in [4.78, 5) is 24.4. The van der Waals surface area contributed by atoms with Gasteiger partial charge < -0.3 is 10.0 Å². The Morgan fingerprint density at radius 1 is 0.952 bits per heavy atom. The highest BCUT2D eigenvalue weighted by molar-refractivity contribution is 6.31. The van der Waals surface area contributed by atoms with Gasteiger partial charge in [-0.1, -0.05) is 23.7 Å². The van der Waals surface area contributed by atoms with Gasteiger partial charge in [0.2, 0.25) is 0 Å². The van der Waals surface area contributed by atoms with Crippen LogP contribution in [0.3, 0.4) is 0 Å². The van der Waals surface area contributed by atoms with Crippen molar-refractivity contribution < 1.29 is 14.7 Å². The molecular formula is C16H14ClNO3. The fraction of sp³-hybridized carbons (Fsp3) is 0.125. The summed E-state index contributed by atoms with van der Waals surface area (Å²) >= 11 is 5.94. The van der Waals surface area contributed by atoms with Gasteiger partial charge in [0.15, 0.2) is 0 Å². The van der Waals surface area contributed by atoms with Crippen LogP contribution in [0.1, 0.15) is 20.7 Å². The molecule has 0 atom stereocenters. The molecular weight excluding hydrogens is 290 g/mol. The zero-order valence-electron chi connectivity index (χ0n) is 11.6. The number of carboxylic acids is 1. The van der Waals surface area contributed by atoms with E-state index < -0.39 is 5.97 Å². The first-order valence-electron chi connectivity index (χ1n) is 6.24. The summed E-state index contributed by atoms with van der Waals surface area (Å²) in [6, 6.07) is 11.6. The van der Waals surface area contributed by atoms with Crippen molar-refractivity contribution in [2.45, 2.75) is 0 Å². The number of nitrogens with zero attached hydrogens (tertiary/aromatic N) is 1. The SMILES string of the molecule is CN(C)C(=O)c1ccc(-c2cc(Cl)cc(C(=O)O)c2)cc1. The minimum absolute atomic E-state index is 0.0844. The third-order valence-electron chi connectivity index (χ3n) is 3.02. The lowest BCUT2D eigenvalue weighted by Crippen LogP contribution is -2.21. The van der Waals surface area contributed by atoms with Crippen molar-refractivity contribution in [2.24, 2.45) is 0 Å². The van der Waals surface area contributed by atoms with E-state index in [2.05, 4.69) is 0 Å². The van der Waals surface area contributed by atoms with Gasteiger partial charge >= 0.3 is 5.97 Å². The van der Waals surface area contributed by atoms with Crippen molar-refractivity contribution in [1.82, 2.24) is 4.90 Å². The Morgan fingerprint density at radius 3 is 2.10 bits per heavy atom. The van der Waals surface area contributed by atoms with E-state index in [1.54, 1.807) is 50.5 Å². The molecule has 0 unspecified atom stereocenters. The Labute approximate surface area is 127 Å². The molecule has 2 rings (SSSR count). The van der Waals surface area contributed by atoms with Gasteiger partial charge in [-0.05, 0) is 41.5 Å². The van der Waals surface area contributed by atoms with Crippen LogP contribution in [0, 0.1) is 0 Å². The minimum Gasteiger partial charge on any atom is -0.478 e. The predicted molar refractivity (Wildman–Crippen MR) is 81.9 cm³/mol. The number of carboxylic acid groups (broad SMARTS) is 1. The molecule has 108 valence electrons. The van der Waals surface area contributed by atoms with E-state index in [4.69, 9.17) is 16.7 Å². The van der Waals surface area contributed by atoms with E-state index in [1.807, 2.05) is 0 Å². The standard InChI is InChI=1S/C16H14ClNO3/c1-18(2)15(19)11-5-3-10(4-6-11)12-7-13(16(20)21)9-14(17)8-12/h3-9H,1-2H3,(H,20,21). The second-order valence-electron chi connectivity index (χ2n) is 4.81. The van der Waals surface area contributed by atoms with E-state index in [0.717, 1.165) is 5.56 Å². The topological polar surface area (TPSA) is 57.6 Å². The van der Waals surface area contributed by atoms with Crippen molar-refractivity contribution in [3.8, 4) is 11.1 Å². The lowest BCUT2D eigenvalue weighted by Gasteiger charge is -2.11. The van der Waals surface area contributed by atoms with Gasteiger partial charge in [-0.3, -0.25) is 4.79 Å². The number of halogens is 1. The summed E-state index contributed by atoms with van der Waals surface area (Å²) < 4.78 is 0. The third kappa shape index (κ3) is 3.41. The summed E-state index contributed by atoms with van der Waals surface area (Å²) in [6.07, 6.45) is 0. The van der Waals surface area contributed by atoms with Crippen molar-refractivity contribution in [1.29, 1.82) is 0 Å². The summed E-state index contributed by atoms with van der Waals surface area (Å²) in [6.45, 7) is 0. The van der Waals surface area contributed by atoms with E-state index in [9.17, 15) is 9.59 Å². The molecule has 0 aromatic heterocycles. The van der Waals surface area contributed by atoms with Crippen molar-refractivity contribution in [3.63, 3.8) is 0 Å². The molecule has 0 fully saturated rings. The average Bonchev–Trinajstić information content (AvgIpc) is 2.45. The molecule has 0 radical (unpaired) electrons. The smallest absolute Gasteiger partial charge is 0.335 e. The third-order valence-corrected chi connectivity index (χ3v) is 3.23. The van der Waals surface area contributed by atoms with E-state index in [-0.39, 0.29) is 11.5 Å². The fourth-order valence-corrected chi connectivity index (χ4v) is 2.18. The Bertz CT molecular complexity index is 693. The predicted octanol–water partition coefficient (Wildman–Crippen LogP) is 3.41. The molecule has 0 spiro atoms. The van der Waals surface area contributed by atoms with E-state index in [1.165, 1.54) is 11.0 Å². The van der Waals surface area contributed by atoms with Crippen LogP contribution >= 0.6 is 11.6 Å². The molecule has 0 aliphatic heterocycles. The number of carbonyl (C=O) groups excluding carboxylic acids is 1. The maximum absolute atomic E-state index is 11.8. The van der Waals surface area contributed by atoms with Crippen LogP contribution in [0.4, 0.5) is 0 Å². The molecule has 2 aromatic carbocycles. The summed E-state index contributed by atoms with van der Waals surface area (Å²) in [5.41, 5.74) is 2.20. The number of amides is 1. The Hall–Kier alpha value is -2.33. The summed E-state index contributed by atoms with van der Waals surface area (Å²) in [5, 5.41) is 9.41. The number of benzene rings is 2. The van der Waals surface area contributed by atoms with E-state index in [0.29, 0.717) is 16.1 Å². The normalized spacial score (nSPS) is 10.2. The van der Waals surface area contributed by atoms with Crippen molar-refractivity contribution in [3.05, 3.63) is 58.6 Å².